The minimum Gasteiger partial charge on any atom is -0.457 e. The summed E-state index contributed by atoms with van der Waals surface area (Å²) in [4.78, 5) is 5.01. The summed E-state index contributed by atoms with van der Waals surface area (Å²) in [7, 11) is 0. The number of quaternary nitrogens is 2. The normalized spacial score (nSPS) is 18.0. The van der Waals surface area contributed by atoms with Crippen LogP contribution in [0, 0.1) is 6.67 Å². The largest absolute Gasteiger partial charge is 0.457 e. The maximum Gasteiger partial charge on any atom is 0.188 e. The monoisotopic (exact) mass is 920 g/mol. The van der Waals surface area contributed by atoms with Crippen LogP contribution in [0.15, 0.2) is 170 Å². The summed E-state index contributed by atoms with van der Waals surface area (Å²) in [6, 6.07) is 60.7. The Bertz CT molecular complexity index is 3470. The van der Waals surface area contributed by atoms with Crippen LogP contribution in [-0.2, 0) is 21.7 Å². The molecule has 0 saturated carbocycles. The topological polar surface area (TPSA) is 27.1 Å². The Morgan fingerprint density at radius 3 is 1.74 bits per heavy atom. The van der Waals surface area contributed by atoms with E-state index in [1.807, 2.05) is 6.20 Å². The standard InChI is InChI=1S/C65H67N4O/c1-62(2,3)46-22-16-21-45(33-46)54-25-18-26-59-61(54)69(51-36-48(64(7,8)9)35-49(37-51)65(10,11)12)41-68(59,42-69)50-23-17-24-52(39-50)70-53-28-30-56-55-29-27-44(43-19-14-13-15-20-43)34-57(55)67(58(56)40-53)60-38-47(31-32-66-60)63(4,5)6/h13-41H,42H2,1-12H3/q+1/t68-,69+/m1/s1. The Balaban J connectivity index is 1.04. The van der Waals surface area contributed by atoms with Gasteiger partial charge in [0.15, 0.2) is 18.0 Å². The Morgan fingerprint density at radius 2 is 1.06 bits per heavy atom. The Labute approximate surface area is 415 Å². The van der Waals surface area contributed by atoms with Crippen LogP contribution < -0.4 is 13.7 Å². The highest BCUT2D eigenvalue weighted by atomic mass is 16.5. The molecule has 0 N–H and O–H groups in total. The molecule has 352 valence electrons. The first-order valence-electron chi connectivity index (χ1n) is 25.1. The van der Waals surface area contributed by atoms with Gasteiger partial charge in [-0.3, -0.25) is 13.5 Å². The lowest BCUT2D eigenvalue weighted by atomic mass is 9.80. The maximum absolute atomic E-state index is 6.99. The van der Waals surface area contributed by atoms with Crippen LogP contribution in [0.4, 0.5) is 22.7 Å². The van der Waals surface area contributed by atoms with Crippen molar-refractivity contribution in [1.29, 1.82) is 0 Å². The highest BCUT2D eigenvalue weighted by molar-refractivity contribution is 6.10. The average Bonchev–Trinajstić information content (AvgIpc) is 3.92. The SMILES string of the molecule is CC(C)(C)c1cccc(-c2cccc3c2[N@@+]2(c4cc(C(C)(C)C)cc(C(C)(C)C)c4)[CH-][N@+]3(c3cccc(Oc4ccc5c6ccc(-c7ccccc7)cc6n(-c6cc(C(C)(C)C)ccn6)c5c4)c3)C2)c1. The third kappa shape index (κ3) is 7.57. The van der Waals surface area contributed by atoms with Crippen LogP contribution >= 0.6 is 0 Å². The van der Waals surface area contributed by atoms with Crippen LogP contribution in [0.1, 0.15) is 105 Å². The number of hydrogen-bond acceptors (Lipinski definition) is 2. The molecule has 5 nitrogen and oxygen atoms in total. The van der Waals surface area contributed by atoms with Gasteiger partial charge in [-0.15, -0.1) is 0 Å². The maximum atomic E-state index is 6.99. The van der Waals surface area contributed by atoms with Crippen molar-refractivity contribution in [1.82, 2.24) is 18.5 Å². The smallest absolute Gasteiger partial charge is 0.188 e. The molecule has 0 spiro atoms. The molecule has 0 unspecified atom stereocenters. The van der Waals surface area contributed by atoms with Gasteiger partial charge in [-0.2, -0.15) is 0 Å². The number of ether oxygens (including phenoxy) is 1. The van der Waals surface area contributed by atoms with Gasteiger partial charge in [0.1, 0.15) is 28.7 Å². The van der Waals surface area contributed by atoms with Crippen molar-refractivity contribution >= 4 is 44.6 Å². The molecule has 70 heavy (non-hydrogen) atoms. The number of hydrogen-bond donors (Lipinski definition) is 0. The summed E-state index contributed by atoms with van der Waals surface area (Å²) >= 11 is 0. The zero-order valence-electron chi connectivity index (χ0n) is 43.1. The summed E-state index contributed by atoms with van der Waals surface area (Å²) in [6.45, 7) is 31.1. The van der Waals surface area contributed by atoms with Crippen molar-refractivity contribution in [3.63, 3.8) is 0 Å². The van der Waals surface area contributed by atoms with Crippen molar-refractivity contribution in [3.8, 4) is 39.6 Å². The fourth-order valence-corrected chi connectivity index (χ4v) is 10.9. The molecule has 5 heteroatoms. The van der Waals surface area contributed by atoms with Crippen molar-refractivity contribution < 1.29 is 4.74 Å². The van der Waals surface area contributed by atoms with Gasteiger partial charge < -0.3 is 4.74 Å². The quantitative estimate of drug-likeness (QED) is 0.118. The Kier molecular flexibility index (Phi) is 10.3. The minimum absolute atomic E-state index is 0.0185. The van der Waals surface area contributed by atoms with E-state index in [2.05, 4.69) is 258 Å². The second kappa shape index (κ2) is 15.9. The first-order valence-corrected chi connectivity index (χ1v) is 25.1. The predicted octanol–water partition coefficient (Wildman–Crippen LogP) is 17.9. The van der Waals surface area contributed by atoms with Gasteiger partial charge in [-0.25, -0.2) is 4.98 Å². The lowest BCUT2D eigenvalue weighted by Crippen LogP contribution is -2.67. The van der Waals surface area contributed by atoms with Crippen LogP contribution in [0.25, 0.3) is 49.9 Å². The van der Waals surface area contributed by atoms with Gasteiger partial charge in [-0.1, -0.05) is 168 Å². The minimum atomic E-state index is -0.0378. The van der Waals surface area contributed by atoms with Crippen LogP contribution in [-0.4, -0.2) is 16.2 Å². The molecule has 12 rings (SSSR count). The molecule has 2 aromatic heterocycles. The lowest BCUT2D eigenvalue weighted by molar-refractivity contribution is 0.187. The number of pyridine rings is 1. The molecular formula is C65H67N4O+. The second-order valence-electron chi connectivity index (χ2n) is 24.1. The number of fused-ring (bicyclic) bond motifs is 3. The summed E-state index contributed by atoms with van der Waals surface area (Å²) in [5.74, 6) is 2.47. The van der Waals surface area contributed by atoms with E-state index in [0.29, 0.717) is 8.97 Å². The van der Waals surface area contributed by atoms with Crippen molar-refractivity contribution in [2.45, 2.75) is 105 Å². The highest BCUT2D eigenvalue weighted by Gasteiger charge is 2.64. The van der Waals surface area contributed by atoms with Gasteiger partial charge in [0.2, 0.25) is 0 Å². The summed E-state index contributed by atoms with van der Waals surface area (Å²) in [6.07, 6.45) is 1.95. The van der Waals surface area contributed by atoms with E-state index in [9.17, 15) is 0 Å². The number of aromatic nitrogens is 2. The number of rotatable bonds is 7. The number of benzene rings is 7. The van der Waals surface area contributed by atoms with E-state index < -0.39 is 0 Å². The van der Waals surface area contributed by atoms with Crippen molar-refractivity contribution in [2.24, 2.45) is 0 Å². The zero-order chi connectivity index (χ0) is 49.2. The van der Waals surface area contributed by atoms with Crippen LogP contribution in [0.5, 0.6) is 11.5 Å². The summed E-state index contributed by atoms with van der Waals surface area (Å²) in [5.41, 5.74) is 17.5. The first kappa shape index (κ1) is 45.6. The van der Waals surface area contributed by atoms with Crippen molar-refractivity contribution in [2.75, 3.05) is 6.67 Å². The Hall–Kier alpha value is -6.79. The van der Waals surface area contributed by atoms with E-state index in [4.69, 9.17) is 9.72 Å². The molecule has 0 amide bonds. The van der Waals surface area contributed by atoms with E-state index >= 15 is 0 Å². The van der Waals surface area contributed by atoms with E-state index in [1.165, 1.54) is 72.6 Å². The molecule has 5 heterocycles. The van der Waals surface area contributed by atoms with Gasteiger partial charge >= 0.3 is 0 Å². The zero-order valence-corrected chi connectivity index (χ0v) is 43.1. The molecular weight excluding hydrogens is 853 g/mol. The van der Waals surface area contributed by atoms with Gasteiger partial charge in [0.05, 0.1) is 17.7 Å². The average molecular weight is 920 g/mol. The highest BCUT2D eigenvalue weighted by Crippen LogP contribution is 2.68. The van der Waals surface area contributed by atoms with Gasteiger partial charge in [-0.05, 0) is 109 Å². The van der Waals surface area contributed by atoms with E-state index in [1.54, 1.807) is 0 Å². The molecule has 9 aromatic rings. The summed E-state index contributed by atoms with van der Waals surface area (Å²) in [5, 5.41) is 2.33. The molecule has 1 saturated heterocycles. The third-order valence-electron chi connectivity index (χ3n) is 15.0. The van der Waals surface area contributed by atoms with Crippen molar-refractivity contribution in [3.05, 3.63) is 199 Å². The van der Waals surface area contributed by atoms with E-state index in [0.717, 1.165) is 40.4 Å². The molecule has 7 aromatic carbocycles. The second-order valence-corrected chi connectivity index (χ2v) is 24.1. The molecule has 3 aliphatic rings. The molecule has 0 radical (unpaired) electrons. The molecule has 0 aliphatic carbocycles. The van der Waals surface area contributed by atoms with Crippen LogP contribution in [0.2, 0.25) is 0 Å². The van der Waals surface area contributed by atoms with Crippen LogP contribution in [0.3, 0.4) is 0 Å². The first-order chi connectivity index (χ1) is 33.1. The number of para-hydroxylation sites is 1. The van der Waals surface area contributed by atoms with E-state index in [-0.39, 0.29) is 21.7 Å². The molecule has 1 fully saturated rings. The molecule has 3 aliphatic heterocycles. The fraction of sp³-hybridized carbons (Fsp3) is 0.262. The lowest BCUT2D eigenvalue weighted by Gasteiger charge is -2.56. The third-order valence-corrected chi connectivity index (χ3v) is 15.0. The van der Waals surface area contributed by atoms with Gasteiger partial charge in [0, 0.05) is 52.9 Å². The fourth-order valence-electron chi connectivity index (χ4n) is 10.9. The summed E-state index contributed by atoms with van der Waals surface area (Å²) < 4.78 is 10.6. The Morgan fingerprint density at radius 1 is 0.457 bits per heavy atom. The number of nitrogens with zero attached hydrogens (tertiary/aromatic N) is 4. The molecule has 2 atom stereocenters. The predicted molar refractivity (Wildman–Crippen MR) is 296 cm³/mol. The molecule has 2 bridgehead atoms. The van der Waals surface area contributed by atoms with Gasteiger partial charge in [0.25, 0.3) is 0 Å².